The lowest BCUT2D eigenvalue weighted by Crippen LogP contribution is -2.47. The van der Waals surface area contributed by atoms with Gasteiger partial charge < -0.3 is 29.8 Å². The summed E-state index contributed by atoms with van der Waals surface area (Å²) in [6, 6.07) is 0. The van der Waals surface area contributed by atoms with Gasteiger partial charge in [-0.15, -0.1) is 0 Å². The second-order valence-electron chi connectivity index (χ2n) is 4.09. The number of aliphatic carboxylic acids is 2. The molecule has 0 aromatic heterocycles. The average Bonchev–Trinajstić information content (AvgIpc) is 2.07. The Balaban J connectivity index is 5.86. The minimum absolute atomic E-state index is 0.870. The van der Waals surface area contributed by atoms with Crippen LogP contribution in [0.15, 0.2) is 0 Å². The molecule has 0 saturated heterocycles. The molecule has 0 radical (unpaired) electrons. The molecular formula is C7H14O10P2. The molecule has 0 spiro atoms. The van der Waals surface area contributed by atoms with E-state index >= 15 is 0 Å². The molecular weight excluding hydrogens is 306 g/mol. The van der Waals surface area contributed by atoms with Crippen LogP contribution in [0.5, 0.6) is 0 Å². The second-order valence-corrected chi connectivity index (χ2v) is 7.67. The third-order valence-electron chi connectivity index (χ3n) is 2.64. The largest absolute Gasteiger partial charge is 0.481 e. The Hall–Kier alpha value is -0.760. The number of carbonyl (C=O) groups is 2. The van der Waals surface area contributed by atoms with Crippen LogP contribution in [0.25, 0.3) is 0 Å². The highest BCUT2D eigenvalue weighted by Gasteiger charge is 2.60. The molecule has 0 bridgehead atoms. The monoisotopic (exact) mass is 320 g/mol. The predicted octanol–water partition coefficient (Wildman–Crippen LogP) is -0.724. The van der Waals surface area contributed by atoms with Crippen molar-refractivity contribution < 1.29 is 48.5 Å². The first-order valence-corrected chi connectivity index (χ1v) is 8.20. The van der Waals surface area contributed by atoms with Crippen molar-refractivity contribution in [1.82, 2.24) is 0 Å². The predicted molar refractivity (Wildman–Crippen MR) is 60.7 cm³/mol. The molecule has 0 aliphatic heterocycles. The van der Waals surface area contributed by atoms with Gasteiger partial charge in [0.05, 0.1) is 12.6 Å². The molecule has 2 atom stereocenters. The molecule has 0 rings (SSSR count). The lowest BCUT2D eigenvalue weighted by molar-refractivity contribution is -0.148. The van der Waals surface area contributed by atoms with Crippen LogP contribution < -0.4 is 0 Å². The fourth-order valence-electron chi connectivity index (χ4n) is 1.71. The maximum absolute atomic E-state index is 11.4. The molecule has 0 fully saturated rings. The molecule has 112 valence electrons. The van der Waals surface area contributed by atoms with Crippen LogP contribution in [0.1, 0.15) is 13.3 Å². The van der Waals surface area contributed by atoms with Gasteiger partial charge in [0, 0.05) is 0 Å². The summed E-state index contributed by atoms with van der Waals surface area (Å²) in [4.78, 5) is 57.5. The zero-order valence-corrected chi connectivity index (χ0v) is 11.5. The van der Waals surface area contributed by atoms with Gasteiger partial charge in [-0.1, -0.05) is 6.92 Å². The Kier molecular flexibility index (Phi) is 5.47. The molecule has 0 aromatic carbocycles. The maximum atomic E-state index is 11.4. The molecule has 0 aromatic rings. The first kappa shape index (κ1) is 18.2. The fraction of sp³-hybridized carbons (Fsp3) is 0.714. The standard InChI is InChI=1S/C7H14O10P2/c1-4(3-18(12,13)14)7(6(10)11,2-5(8)9)19(15,16)17/h4H,2-3H2,1H3,(H,8,9)(H,10,11)(H2,12,13,14)(H2,15,16,17). The van der Waals surface area contributed by atoms with E-state index in [4.69, 9.17) is 29.8 Å². The quantitative estimate of drug-likeness (QED) is 0.326. The first-order chi connectivity index (χ1) is 8.24. The summed E-state index contributed by atoms with van der Waals surface area (Å²) in [7, 11) is -10.3. The summed E-state index contributed by atoms with van der Waals surface area (Å²) >= 11 is 0. The highest BCUT2D eigenvalue weighted by atomic mass is 31.2. The molecule has 0 aliphatic rings. The molecule has 10 nitrogen and oxygen atoms in total. The number of rotatable bonds is 7. The summed E-state index contributed by atoms with van der Waals surface area (Å²) in [6.07, 6.45) is -2.61. The van der Waals surface area contributed by atoms with Gasteiger partial charge >= 0.3 is 27.1 Å². The Labute approximate surface area is 107 Å². The second kappa shape index (κ2) is 5.70. The van der Waals surface area contributed by atoms with Crippen molar-refractivity contribution in [2.45, 2.75) is 18.5 Å². The Morgan fingerprint density at radius 3 is 1.74 bits per heavy atom. The van der Waals surface area contributed by atoms with Gasteiger partial charge in [-0.3, -0.25) is 18.7 Å². The van der Waals surface area contributed by atoms with E-state index in [-0.39, 0.29) is 0 Å². The number of hydrogen-bond acceptors (Lipinski definition) is 4. The Morgan fingerprint density at radius 2 is 1.53 bits per heavy atom. The topological polar surface area (TPSA) is 190 Å². The van der Waals surface area contributed by atoms with Crippen molar-refractivity contribution in [3.8, 4) is 0 Å². The third kappa shape index (κ3) is 4.38. The molecule has 0 aliphatic carbocycles. The van der Waals surface area contributed by atoms with Crippen LogP contribution in [0.3, 0.4) is 0 Å². The zero-order valence-electron chi connectivity index (χ0n) is 9.70. The van der Waals surface area contributed by atoms with Crippen LogP contribution >= 0.6 is 15.2 Å². The van der Waals surface area contributed by atoms with E-state index in [1.807, 2.05) is 0 Å². The van der Waals surface area contributed by atoms with E-state index in [0.29, 0.717) is 0 Å². The number of hydrogen-bond donors (Lipinski definition) is 6. The van der Waals surface area contributed by atoms with E-state index in [9.17, 15) is 18.7 Å². The highest BCUT2D eigenvalue weighted by Crippen LogP contribution is 2.59. The first-order valence-electron chi connectivity index (χ1n) is 4.79. The van der Waals surface area contributed by atoms with Gasteiger partial charge in [0.2, 0.25) is 0 Å². The minimum atomic E-state index is -5.48. The van der Waals surface area contributed by atoms with E-state index < -0.39 is 50.8 Å². The summed E-state index contributed by atoms with van der Waals surface area (Å²) < 4.78 is 22.2. The van der Waals surface area contributed by atoms with E-state index in [0.717, 1.165) is 6.92 Å². The van der Waals surface area contributed by atoms with Gasteiger partial charge in [-0.25, -0.2) is 0 Å². The molecule has 2 unspecified atom stereocenters. The van der Waals surface area contributed by atoms with E-state index in [1.165, 1.54) is 0 Å². The molecule has 12 heteroatoms. The fourth-order valence-corrected chi connectivity index (χ4v) is 4.14. The van der Waals surface area contributed by atoms with Crippen LogP contribution in [-0.4, -0.2) is 53.0 Å². The lowest BCUT2D eigenvalue weighted by atomic mass is 9.91. The average molecular weight is 320 g/mol. The normalized spacial score (nSPS) is 17.5. The van der Waals surface area contributed by atoms with Crippen molar-refractivity contribution >= 4 is 27.1 Å². The summed E-state index contributed by atoms with van der Waals surface area (Å²) in [5.74, 6) is -5.67. The minimum Gasteiger partial charge on any atom is -0.481 e. The zero-order chi connectivity index (χ0) is 15.6. The smallest absolute Gasteiger partial charge is 0.343 e. The molecule has 19 heavy (non-hydrogen) atoms. The van der Waals surface area contributed by atoms with Crippen LogP contribution in [0, 0.1) is 5.92 Å². The van der Waals surface area contributed by atoms with Crippen molar-refractivity contribution in [1.29, 1.82) is 0 Å². The van der Waals surface area contributed by atoms with Crippen molar-refractivity contribution in [3.05, 3.63) is 0 Å². The van der Waals surface area contributed by atoms with E-state index in [2.05, 4.69) is 0 Å². The van der Waals surface area contributed by atoms with Crippen molar-refractivity contribution in [2.24, 2.45) is 5.92 Å². The van der Waals surface area contributed by atoms with Crippen LogP contribution in [-0.2, 0) is 18.7 Å². The van der Waals surface area contributed by atoms with Gasteiger partial charge in [-0.2, -0.15) is 0 Å². The Morgan fingerprint density at radius 1 is 1.11 bits per heavy atom. The Bertz CT molecular complexity index is 460. The summed E-state index contributed by atoms with van der Waals surface area (Å²) in [5.41, 5.74) is 0. The maximum Gasteiger partial charge on any atom is 0.343 e. The SMILES string of the molecule is CC(CP(=O)(O)O)C(CC(=O)O)(C(=O)O)P(=O)(O)O. The van der Waals surface area contributed by atoms with Gasteiger partial charge in [0.15, 0.2) is 5.16 Å². The molecule has 0 amide bonds. The molecule has 6 N–H and O–H groups in total. The highest BCUT2D eigenvalue weighted by molar-refractivity contribution is 7.55. The number of carboxylic acids is 2. The summed E-state index contributed by atoms with van der Waals surface area (Å²) in [6.45, 7) is 0.870. The van der Waals surface area contributed by atoms with Crippen molar-refractivity contribution in [3.63, 3.8) is 0 Å². The van der Waals surface area contributed by atoms with Gasteiger partial charge in [0.1, 0.15) is 0 Å². The summed E-state index contributed by atoms with van der Waals surface area (Å²) in [5, 5.41) is 14.5. The van der Waals surface area contributed by atoms with E-state index in [1.54, 1.807) is 0 Å². The molecule has 0 heterocycles. The molecule has 0 saturated carbocycles. The van der Waals surface area contributed by atoms with Crippen LogP contribution in [0.4, 0.5) is 0 Å². The third-order valence-corrected chi connectivity index (χ3v) is 5.49. The lowest BCUT2D eigenvalue weighted by Gasteiger charge is -2.34. The van der Waals surface area contributed by atoms with Crippen molar-refractivity contribution in [2.75, 3.05) is 6.16 Å². The number of carboxylic acid groups (broad SMARTS) is 2. The van der Waals surface area contributed by atoms with Crippen LogP contribution in [0.2, 0.25) is 0 Å². The van der Waals surface area contributed by atoms with Gasteiger partial charge in [-0.05, 0) is 5.92 Å². The van der Waals surface area contributed by atoms with Gasteiger partial charge in [0.25, 0.3) is 0 Å².